The zero-order valence-electron chi connectivity index (χ0n) is 10.2. The fraction of sp³-hybridized carbons (Fsp3) is 0.500. The van der Waals surface area contributed by atoms with Crippen molar-refractivity contribution in [1.29, 1.82) is 0 Å². The van der Waals surface area contributed by atoms with Crippen molar-refractivity contribution in [3.05, 3.63) is 22.4 Å². The van der Waals surface area contributed by atoms with Gasteiger partial charge in [-0.3, -0.25) is 0 Å². The molecule has 1 unspecified atom stereocenters. The van der Waals surface area contributed by atoms with Crippen LogP contribution < -0.4 is 4.72 Å². The molecule has 10 heteroatoms. The van der Waals surface area contributed by atoms with E-state index in [1.165, 1.54) is 6.07 Å². The molecule has 6 nitrogen and oxygen atoms in total. The van der Waals surface area contributed by atoms with Gasteiger partial charge >= 0.3 is 0 Å². The fourth-order valence-electron chi connectivity index (χ4n) is 1.92. The molecule has 0 radical (unpaired) electrons. The number of rotatable bonds is 4. The van der Waals surface area contributed by atoms with Gasteiger partial charge in [-0.05, 0) is 18.9 Å². The molecule has 1 aromatic rings. The average Bonchev–Trinajstić information content (AvgIpc) is 2.69. The second-order valence-electron chi connectivity index (χ2n) is 4.43. The first-order valence-corrected chi connectivity index (χ1v) is 9.70. The summed E-state index contributed by atoms with van der Waals surface area (Å²) in [6.07, 6.45) is 2.09. The molecule has 1 aromatic heterocycles. The first-order valence-electron chi connectivity index (χ1n) is 5.75. The summed E-state index contributed by atoms with van der Waals surface area (Å²) in [5.41, 5.74) is 0. The van der Waals surface area contributed by atoms with Gasteiger partial charge < -0.3 is 0 Å². The summed E-state index contributed by atoms with van der Waals surface area (Å²) in [4.78, 5) is 3.50. The molecule has 0 amide bonds. The van der Waals surface area contributed by atoms with E-state index >= 15 is 0 Å². The Labute approximate surface area is 127 Å². The highest BCUT2D eigenvalue weighted by Gasteiger charge is 2.32. The molecule has 1 aliphatic rings. The van der Waals surface area contributed by atoms with Crippen molar-refractivity contribution in [2.24, 2.45) is 0 Å². The van der Waals surface area contributed by atoms with Gasteiger partial charge in [0.25, 0.3) is 0 Å². The number of halogens is 2. The third-order valence-electron chi connectivity index (χ3n) is 3.05. The molecule has 0 aromatic carbocycles. The normalized spacial score (nSPS) is 22.0. The van der Waals surface area contributed by atoms with Crippen molar-refractivity contribution in [3.63, 3.8) is 0 Å². The molecule has 1 saturated heterocycles. The highest BCUT2D eigenvalue weighted by atomic mass is 35.5. The van der Waals surface area contributed by atoms with Crippen molar-refractivity contribution in [2.45, 2.75) is 23.0 Å². The summed E-state index contributed by atoms with van der Waals surface area (Å²) < 4.78 is 49.6. The predicted molar refractivity (Wildman–Crippen MR) is 76.3 cm³/mol. The fourth-order valence-corrected chi connectivity index (χ4v) is 5.18. The van der Waals surface area contributed by atoms with Crippen LogP contribution in [0.5, 0.6) is 0 Å². The van der Waals surface area contributed by atoms with Gasteiger partial charge in [0.15, 0.2) is 9.84 Å². The van der Waals surface area contributed by atoms with E-state index in [1.807, 2.05) is 0 Å². The number of sulfonamides is 1. The third-order valence-corrected chi connectivity index (χ3v) is 7.40. The number of aromatic nitrogens is 1. The summed E-state index contributed by atoms with van der Waals surface area (Å²) in [6, 6.07) is 1.17. The number of pyridine rings is 1. The lowest BCUT2D eigenvalue weighted by atomic mass is 10.2. The van der Waals surface area contributed by atoms with Gasteiger partial charge in [-0.2, -0.15) is 0 Å². The Morgan fingerprint density at radius 3 is 2.65 bits per heavy atom. The Morgan fingerprint density at radius 1 is 1.40 bits per heavy atom. The number of hydrogen-bond acceptors (Lipinski definition) is 5. The third kappa shape index (κ3) is 3.43. The van der Waals surface area contributed by atoms with E-state index in [0.29, 0.717) is 12.8 Å². The van der Waals surface area contributed by atoms with E-state index in [2.05, 4.69) is 9.71 Å². The van der Waals surface area contributed by atoms with Gasteiger partial charge in [-0.15, -0.1) is 0 Å². The van der Waals surface area contributed by atoms with Crippen molar-refractivity contribution in [2.75, 3.05) is 12.3 Å². The first kappa shape index (κ1) is 16.0. The van der Waals surface area contributed by atoms with Gasteiger partial charge in [0, 0.05) is 12.7 Å². The molecule has 112 valence electrons. The maximum absolute atomic E-state index is 12.0. The molecule has 0 bridgehead atoms. The van der Waals surface area contributed by atoms with Crippen molar-refractivity contribution in [1.82, 2.24) is 9.71 Å². The van der Waals surface area contributed by atoms with Crippen LogP contribution in [0.15, 0.2) is 17.2 Å². The summed E-state index contributed by atoms with van der Waals surface area (Å²) in [6.45, 7) is -0.148. The predicted octanol–water partition coefficient (Wildman–Crippen LogP) is 1.24. The Balaban J connectivity index is 2.13. The van der Waals surface area contributed by atoms with Crippen molar-refractivity contribution in [3.8, 4) is 0 Å². The molecule has 1 aliphatic heterocycles. The SMILES string of the molecule is O=S(=O)(NCC1CCCS1(=O)=O)c1cnc(Cl)c(Cl)c1. The van der Waals surface area contributed by atoms with Gasteiger partial charge in [-0.25, -0.2) is 26.5 Å². The lowest BCUT2D eigenvalue weighted by Crippen LogP contribution is -2.34. The van der Waals surface area contributed by atoms with Crippen LogP contribution in [0.3, 0.4) is 0 Å². The standard InChI is InChI=1S/C10H12Cl2N2O4S2/c11-9-4-8(5-13-10(9)12)20(17,18)14-6-7-2-1-3-19(7,15)16/h4-5,7,14H,1-3,6H2. The van der Waals surface area contributed by atoms with Crippen LogP contribution in [-0.4, -0.2) is 39.4 Å². The van der Waals surface area contributed by atoms with Crippen LogP contribution in [0.1, 0.15) is 12.8 Å². The minimum atomic E-state index is -3.86. The van der Waals surface area contributed by atoms with Crippen LogP contribution in [0, 0.1) is 0 Å². The van der Waals surface area contributed by atoms with E-state index in [9.17, 15) is 16.8 Å². The molecule has 1 atom stereocenters. The number of nitrogens with one attached hydrogen (secondary N) is 1. The minimum Gasteiger partial charge on any atom is -0.242 e. The van der Waals surface area contributed by atoms with Crippen LogP contribution in [0.2, 0.25) is 10.2 Å². The highest BCUT2D eigenvalue weighted by molar-refractivity contribution is 7.92. The Hall–Kier alpha value is -0.410. The molecule has 0 aliphatic carbocycles. The Bertz CT molecular complexity index is 719. The van der Waals surface area contributed by atoms with Crippen LogP contribution in [0.25, 0.3) is 0 Å². The van der Waals surface area contributed by atoms with E-state index in [1.54, 1.807) is 0 Å². The first-order chi connectivity index (χ1) is 9.22. The molecular formula is C10H12Cl2N2O4S2. The number of nitrogens with zero attached hydrogens (tertiary/aromatic N) is 1. The van der Waals surface area contributed by atoms with Gasteiger partial charge in [0.2, 0.25) is 10.0 Å². The Morgan fingerprint density at radius 2 is 2.10 bits per heavy atom. The minimum absolute atomic E-state index is 0.00369. The van der Waals surface area contributed by atoms with E-state index in [4.69, 9.17) is 23.2 Å². The molecule has 0 saturated carbocycles. The zero-order valence-corrected chi connectivity index (χ0v) is 13.4. The second kappa shape index (κ2) is 5.76. The molecule has 20 heavy (non-hydrogen) atoms. The second-order valence-corrected chi connectivity index (χ2v) is 9.36. The van der Waals surface area contributed by atoms with Crippen molar-refractivity contribution < 1.29 is 16.8 Å². The van der Waals surface area contributed by atoms with Crippen molar-refractivity contribution >= 4 is 43.1 Å². The maximum Gasteiger partial charge on any atom is 0.242 e. The molecule has 1 fully saturated rings. The molecular weight excluding hydrogens is 347 g/mol. The lowest BCUT2D eigenvalue weighted by Gasteiger charge is -2.11. The lowest BCUT2D eigenvalue weighted by molar-refractivity contribution is 0.570. The summed E-state index contributed by atoms with van der Waals surface area (Å²) in [5, 5.41) is -0.653. The molecule has 0 spiro atoms. The number of sulfone groups is 1. The maximum atomic E-state index is 12.0. The summed E-state index contributed by atoms with van der Waals surface area (Å²) in [5.74, 6) is 0.105. The smallest absolute Gasteiger partial charge is 0.242 e. The highest BCUT2D eigenvalue weighted by Crippen LogP contribution is 2.23. The van der Waals surface area contributed by atoms with Gasteiger partial charge in [0.05, 0.1) is 16.0 Å². The summed E-state index contributed by atoms with van der Waals surface area (Å²) >= 11 is 11.3. The summed E-state index contributed by atoms with van der Waals surface area (Å²) in [7, 11) is -7.05. The molecule has 2 rings (SSSR count). The average molecular weight is 359 g/mol. The van der Waals surface area contributed by atoms with Crippen LogP contribution in [0.4, 0.5) is 0 Å². The number of hydrogen-bond donors (Lipinski definition) is 1. The van der Waals surface area contributed by atoms with Crippen LogP contribution >= 0.6 is 23.2 Å². The van der Waals surface area contributed by atoms with E-state index in [0.717, 1.165) is 6.20 Å². The Kier molecular flexibility index (Phi) is 4.60. The van der Waals surface area contributed by atoms with Crippen LogP contribution in [-0.2, 0) is 19.9 Å². The monoisotopic (exact) mass is 358 g/mol. The molecule has 1 N–H and O–H groups in total. The van der Waals surface area contributed by atoms with E-state index < -0.39 is 25.1 Å². The van der Waals surface area contributed by atoms with E-state index in [-0.39, 0.29) is 27.4 Å². The van der Waals surface area contributed by atoms with Gasteiger partial charge in [0.1, 0.15) is 10.0 Å². The zero-order chi connectivity index (χ0) is 15.0. The largest absolute Gasteiger partial charge is 0.242 e. The topological polar surface area (TPSA) is 93.2 Å². The quantitative estimate of drug-likeness (QED) is 0.817. The molecule has 2 heterocycles. The van der Waals surface area contributed by atoms with Gasteiger partial charge in [-0.1, -0.05) is 23.2 Å².